The van der Waals surface area contributed by atoms with E-state index in [1.54, 1.807) is 12.1 Å². The summed E-state index contributed by atoms with van der Waals surface area (Å²) in [5.74, 6) is -1.62. The molecule has 0 atom stereocenters. The first-order valence-electron chi connectivity index (χ1n) is 10.5. The van der Waals surface area contributed by atoms with Crippen molar-refractivity contribution in [3.8, 4) is 0 Å². The number of H-pyrrole nitrogens is 1. The Morgan fingerprint density at radius 2 is 1.91 bits per heavy atom. The van der Waals surface area contributed by atoms with Gasteiger partial charge in [0.1, 0.15) is 17.3 Å². The van der Waals surface area contributed by atoms with E-state index in [-0.39, 0.29) is 29.5 Å². The van der Waals surface area contributed by atoms with Crippen LogP contribution in [0.4, 0.5) is 20.2 Å². The second kappa shape index (κ2) is 9.35. The maximum Gasteiger partial charge on any atom is 0.356 e. The molecule has 0 saturated carbocycles. The fourth-order valence-corrected chi connectivity index (χ4v) is 4.06. The Morgan fingerprint density at radius 3 is 2.62 bits per heavy atom. The summed E-state index contributed by atoms with van der Waals surface area (Å²) < 4.78 is 32.5. The minimum absolute atomic E-state index is 0.0762. The number of piperazine rings is 1. The third kappa shape index (κ3) is 4.57. The number of carbonyl (C=O) groups is 2. The van der Waals surface area contributed by atoms with Crippen LogP contribution in [-0.4, -0.2) is 56.7 Å². The Morgan fingerprint density at radius 1 is 1.16 bits per heavy atom. The molecule has 2 heterocycles. The second-order valence-electron chi connectivity index (χ2n) is 7.79. The van der Waals surface area contributed by atoms with Crippen molar-refractivity contribution in [2.75, 3.05) is 50.1 Å². The van der Waals surface area contributed by atoms with Gasteiger partial charge >= 0.3 is 5.97 Å². The number of fused-ring (bicyclic) bond motifs is 1. The quantitative estimate of drug-likeness (QED) is 0.509. The Hall–Kier alpha value is -3.46. The largest absolute Gasteiger partial charge is 0.464 e. The number of anilines is 2. The fourth-order valence-electron chi connectivity index (χ4n) is 4.06. The molecule has 1 aliphatic heterocycles. The van der Waals surface area contributed by atoms with Crippen LogP contribution < -0.4 is 15.1 Å². The summed E-state index contributed by atoms with van der Waals surface area (Å²) in [7, 11) is 1.24. The van der Waals surface area contributed by atoms with Gasteiger partial charge in [0.15, 0.2) is 0 Å². The number of esters is 1. The second-order valence-corrected chi connectivity index (χ2v) is 7.79. The highest BCUT2D eigenvalue weighted by Crippen LogP contribution is 2.29. The van der Waals surface area contributed by atoms with Gasteiger partial charge in [0.25, 0.3) is 0 Å². The molecule has 0 radical (unpaired) electrons. The van der Waals surface area contributed by atoms with Crippen molar-refractivity contribution in [1.29, 1.82) is 0 Å². The number of halogens is 2. The predicted molar refractivity (Wildman–Crippen MR) is 117 cm³/mol. The third-order valence-corrected chi connectivity index (χ3v) is 5.78. The molecule has 2 aromatic carbocycles. The van der Waals surface area contributed by atoms with E-state index < -0.39 is 11.8 Å². The van der Waals surface area contributed by atoms with E-state index in [1.807, 2.05) is 11.0 Å². The van der Waals surface area contributed by atoms with Gasteiger partial charge in [-0.15, -0.1) is 0 Å². The molecule has 1 fully saturated rings. The van der Waals surface area contributed by atoms with Crippen LogP contribution in [0.15, 0.2) is 42.5 Å². The summed E-state index contributed by atoms with van der Waals surface area (Å²) in [5.41, 5.74) is 1.42. The monoisotopic (exact) mass is 443 g/mol. The number of hydrogen-bond acceptors (Lipinski definition) is 4. The van der Waals surface area contributed by atoms with Gasteiger partial charge in [-0.1, -0.05) is 12.1 Å². The highest BCUT2D eigenvalue weighted by Gasteiger charge is 2.24. The lowest BCUT2D eigenvalue weighted by atomic mass is 10.2. The van der Waals surface area contributed by atoms with E-state index in [0.717, 1.165) is 13.1 Å². The zero-order valence-electron chi connectivity index (χ0n) is 17.7. The molecular weight excluding hydrogens is 418 g/mol. The standard InChI is InChI=1S/C23H24F2N4O3/c1-32-23(31)22-21(16-14-15(24)6-7-18(16)26-22)27-20(30)8-9-28-10-12-29(13-11-28)19-5-3-2-4-17(19)25/h2-7,14,26H,8-13H2,1H3,(H,27,30)/p+1. The molecule has 1 amide bonds. The normalized spacial score (nSPS) is 14.5. The number of para-hydroxylation sites is 1. The maximum atomic E-state index is 14.0. The lowest BCUT2D eigenvalue weighted by molar-refractivity contribution is -0.900. The molecule has 32 heavy (non-hydrogen) atoms. The van der Waals surface area contributed by atoms with Gasteiger partial charge in [-0.25, -0.2) is 13.6 Å². The summed E-state index contributed by atoms with van der Waals surface area (Å²) in [5, 5.41) is 3.15. The van der Waals surface area contributed by atoms with Crippen LogP contribution in [0.1, 0.15) is 16.9 Å². The van der Waals surface area contributed by atoms with Crippen molar-refractivity contribution >= 4 is 34.2 Å². The summed E-state index contributed by atoms with van der Waals surface area (Å²) in [4.78, 5) is 30.9. The molecule has 3 N–H and O–H groups in total. The number of aromatic amines is 1. The Balaban J connectivity index is 1.37. The van der Waals surface area contributed by atoms with Gasteiger partial charge in [-0.05, 0) is 30.3 Å². The zero-order chi connectivity index (χ0) is 22.7. The van der Waals surface area contributed by atoms with E-state index in [2.05, 4.69) is 10.3 Å². The van der Waals surface area contributed by atoms with Gasteiger partial charge in [0.05, 0.1) is 57.6 Å². The van der Waals surface area contributed by atoms with E-state index in [0.29, 0.717) is 36.2 Å². The number of rotatable bonds is 6. The number of benzene rings is 2. The van der Waals surface area contributed by atoms with Gasteiger partial charge in [0.2, 0.25) is 5.91 Å². The van der Waals surface area contributed by atoms with Crippen LogP contribution in [0.2, 0.25) is 0 Å². The SMILES string of the molecule is COC(=O)c1[nH]c2ccc(F)cc2c1NC(=O)CC[NH+]1CCN(c2ccccc2F)CC1. The van der Waals surface area contributed by atoms with Gasteiger partial charge < -0.3 is 24.8 Å². The highest BCUT2D eigenvalue weighted by molar-refractivity contribution is 6.10. The molecule has 7 nitrogen and oxygen atoms in total. The van der Waals surface area contributed by atoms with Crippen molar-refractivity contribution in [3.05, 3.63) is 59.8 Å². The van der Waals surface area contributed by atoms with Crippen LogP contribution in [0.5, 0.6) is 0 Å². The Labute approximate surface area is 183 Å². The molecular formula is C23H25F2N4O3+. The van der Waals surface area contributed by atoms with E-state index in [9.17, 15) is 18.4 Å². The minimum Gasteiger partial charge on any atom is -0.464 e. The number of carbonyl (C=O) groups excluding carboxylic acids is 2. The van der Waals surface area contributed by atoms with Crippen molar-refractivity contribution in [2.24, 2.45) is 0 Å². The number of hydrogen-bond donors (Lipinski definition) is 3. The minimum atomic E-state index is -0.646. The van der Waals surface area contributed by atoms with Gasteiger partial charge in [0, 0.05) is 10.9 Å². The number of methoxy groups -OCH3 is 1. The molecule has 0 unspecified atom stereocenters. The van der Waals surface area contributed by atoms with Crippen molar-refractivity contribution < 1.29 is 28.0 Å². The van der Waals surface area contributed by atoms with Crippen molar-refractivity contribution in [2.45, 2.75) is 6.42 Å². The summed E-state index contributed by atoms with van der Waals surface area (Å²) in [6.07, 6.45) is 0.234. The molecule has 1 aromatic heterocycles. The van der Waals surface area contributed by atoms with Crippen LogP contribution >= 0.6 is 0 Å². The number of nitrogens with zero attached hydrogens (tertiary/aromatic N) is 1. The molecule has 3 aromatic rings. The van der Waals surface area contributed by atoms with E-state index in [1.165, 1.54) is 36.3 Å². The summed E-state index contributed by atoms with van der Waals surface area (Å²) in [6, 6.07) is 10.8. The summed E-state index contributed by atoms with van der Waals surface area (Å²) in [6.45, 7) is 3.57. The predicted octanol–water partition coefficient (Wildman–Crippen LogP) is 1.97. The molecule has 1 aliphatic rings. The molecule has 168 valence electrons. The van der Waals surface area contributed by atoms with E-state index >= 15 is 0 Å². The number of quaternary nitrogens is 1. The van der Waals surface area contributed by atoms with Crippen LogP contribution in [-0.2, 0) is 9.53 Å². The lowest BCUT2D eigenvalue weighted by Gasteiger charge is -2.33. The summed E-state index contributed by atoms with van der Waals surface area (Å²) >= 11 is 0. The molecule has 4 rings (SSSR count). The van der Waals surface area contributed by atoms with E-state index in [4.69, 9.17) is 4.74 Å². The molecule has 0 spiro atoms. The Kier molecular flexibility index (Phi) is 6.36. The highest BCUT2D eigenvalue weighted by atomic mass is 19.1. The topological polar surface area (TPSA) is 78.9 Å². The Bertz CT molecular complexity index is 1140. The fraction of sp³-hybridized carbons (Fsp3) is 0.304. The lowest BCUT2D eigenvalue weighted by Crippen LogP contribution is -3.15. The smallest absolute Gasteiger partial charge is 0.356 e. The van der Waals surface area contributed by atoms with Crippen molar-refractivity contribution in [3.63, 3.8) is 0 Å². The van der Waals surface area contributed by atoms with Crippen LogP contribution in [0.3, 0.4) is 0 Å². The van der Waals surface area contributed by atoms with Crippen LogP contribution in [0.25, 0.3) is 10.9 Å². The first-order chi connectivity index (χ1) is 15.5. The van der Waals surface area contributed by atoms with Gasteiger partial charge in [-0.2, -0.15) is 0 Å². The average Bonchev–Trinajstić information content (AvgIpc) is 3.15. The first-order valence-corrected chi connectivity index (χ1v) is 10.5. The maximum absolute atomic E-state index is 14.0. The number of nitrogens with one attached hydrogen (secondary N) is 3. The number of ether oxygens (including phenoxy) is 1. The average molecular weight is 443 g/mol. The molecule has 0 aliphatic carbocycles. The molecule has 0 bridgehead atoms. The number of amides is 1. The van der Waals surface area contributed by atoms with Gasteiger partial charge in [-0.3, -0.25) is 4.79 Å². The number of aromatic nitrogens is 1. The molecule has 1 saturated heterocycles. The van der Waals surface area contributed by atoms with Crippen molar-refractivity contribution in [1.82, 2.24) is 4.98 Å². The zero-order valence-corrected chi connectivity index (χ0v) is 17.7. The first kappa shape index (κ1) is 21.8. The third-order valence-electron chi connectivity index (χ3n) is 5.78. The van der Waals surface area contributed by atoms with Crippen LogP contribution in [0, 0.1) is 11.6 Å². The molecule has 9 heteroatoms.